The Hall–Kier alpha value is -1.44. The van der Waals surface area contributed by atoms with E-state index in [-0.39, 0.29) is 0 Å². The molecule has 1 aromatic rings. The lowest BCUT2D eigenvalue weighted by Crippen LogP contribution is -2.36. The first-order valence-corrected chi connectivity index (χ1v) is 6.60. The largest absolute Gasteiger partial charge is 0.356 e. The molecule has 1 heterocycles. The van der Waals surface area contributed by atoms with Gasteiger partial charge in [0.1, 0.15) is 6.17 Å². The summed E-state index contributed by atoms with van der Waals surface area (Å²) >= 11 is 0. The fourth-order valence-corrected chi connectivity index (χ4v) is 2.27. The van der Waals surface area contributed by atoms with Crippen LogP contribution in [0.3, 0.4) is 0 Å². The third kappa shape index (κ3) is 2.82. The molecule has 0 fully saturated rings. The van der Waals surface area contributed by atoms with E-state index < -0.39 is 0 Å². The maximum Gasteiger partial charge on any atom is 0.102 e. The summed E-state index contributed by atoms with van der Waals surface area (Å²) in [7, 11) is 0. The molecule has 0 N–H and O–H groups in total. The minimum absolute atomic E-state index is 0.439. The molecule has 1 aliphatic rings. The lowest BCUT2D eigenvalue weighted by molar-refractivity contribution is 0.311. The number of nitrogens with zero attached hydrogens (tertiary/aromatic N) is 2. The summed E-state index contributed by atoms with van der Waals surface area (Å²) in [6.45, 7) is 5.67. The van der Waals surface area contributed by atoms with Crippen molar-refractivity contribution in [2.75, 3.05) is 11.4 Å². The first-order valence-electron chi connectivity index (χ1n) is 6.60. The molecule has 2 nitrogen and oxygen atoms in total. The van der Waals surface area contributed by atoms with Gasteiger partial charge in [-0.05, 0) is 25.5 Å². The van der Waals surface area contributed by atoms with Crippen molar-refractivity contribution < 1.29 is 0 Å². The number of benzene rings is 1. The Labute approximate surface area is 105 Å². The van der Waals surface area contributed by atoms with Crippen LogP contribution in [-0.2, 0) is 0 Å². The third-order valence-electron chi connectivity index (χ3n) is 3.38. The average Bonchev–Trinajstić information content (AvgIpc) is 2.73. The van der Waals surface area contributed by atoms with Crippen LogP contribution in [0.1, 0.15) is 33.1 Å². The molecule has 0 radical (unpaired) electrons. The Morgan fingerprint density at radius 2 is 1.82 bits per heavy atom. The van der Waals surface area contributed by atoms with Crippen LogP contribution in [0, 0.1) is 0 Å². The van der Waals surface area contributed by atoms with Crippen LogP contribution in [0.25, 0.3) is 0 Å². The highest BCUT2D eigenvalue weighted by Crippen LogP contribution is 2.24. The maximum absolute atomic E-state index is 2.42. The van der Waals surface area contributed by atoms with Crippen LogP contribution in [0.5, 0.6) is 0 Å². The van der Waals surface area contributed by atoms with Gasteiger partial charge in [0.25, 0.3) is 0 Å². The highest BCUT2D eigenvalue weighted by molar-refractivity contribution is 5.51. The summed E-state index contributed by atoms with van der Waals surface area (Å²) in [5.41, 5.74) is 1.27. The van der Waals surface area contributed by atoms with Gasteiger partial charge in [0.2, 0.25) is 0 Å². The molecule has 0 amide bonds. The second kappa shape index (κ2) is 5.76. The molecular weight excluding hydrogens is 208 g/mol. The molecule has 17 heavy (non-hydrogen) atoms. The lowest BCUT2D eigenvalue weighted by atomic mass is 10.2. The molecule has 0 spiro atoms. The predicted octanol–water partition coefficient (Wildman–Crippen LogP) is 3.82. The van der Waals surface area contributed by atoms with Crippen LogP contribution in [-0.4, -0.2) is 17.6 Å². The van der Waals surface area contributed by atoms with Crippen molar-refractivity contribution in [1.29, 1.82) is 0 Å². The van der Waals surface area contributed by atoms with Crippen molar-refractivity contribution in [2.24, 2.45) is 0 Å². The fourth-order valence-electron chi connectivity index (χ4n) is 2.27. The molecule has 1 atom stereocenters. The van der Waals surface area contributed by atoms with Gasteiger partial charge < -0.3 is 9.80 Å². The van der Waals surface area contributed by atoms with E-state index in [1.165, 1.54) is 24.9 Å². The number of unbranched alkanes of at least 4 members (excludes halogenated alkanes) is 2. The Morgan fingerprint density at radius 1 is 1.06 bits per heavy atom. The molecule has 1 aliphatic heterocycles. The number of rotatable bonds is 5. The number of hydrogen-bond acceptors (Lipinski definition) is 2. The van der Waals surface area contributed by atoms with Crippen LogP contribution < -0.4 is 4.90 Å². The molecule has 92 valence electrons. The Morgan fingerprint density at radius 3 is 2.53 bits per heavy atom. The van der Waals surface area contributed by atoms with Gasteiger partial charge in [-0.15, -0.1) is 0 Å². The van der Waals surface area contributed by atoms with Gasteiger partial charge in [0.15, 0.2) is 0 Å². The van der Waals surface area contributed by atoms with Crippen LogP contribution >= 0.6 is 0 Å². The van der Waals surface area contributed by atoms with E-state index >= 15 is 0 Å². The van der Waals surface area contributed by atoms with Crippen LogP contribution in [0.15, 0.2) is 42.7 Å². The standard InChI is InChI=1S/C15H22N2/c1-3-4-8-11-16-12-13-17(14(16)2)15-9-6-5-7-10-15/h5-7,9-10,12-14H,3-4,8,11H2,1-2H3. The number of anilines is 1. The highest BCUT2D eigenvalue weighted by atomic mass is 15.4. The van der Waals surface area contributed by atoms with Gasteiger partial charge in [0.05, 0.1) is 0 Å². The molecule has 2 rings (SSSR count). The Kier molecular flexibility index (Phi) is 4.08. The zero-order valence-electron chi connectivity index (χ0n) is 10.8. The molecule has 0 saturated carbocycles. The minimum Gasteiger partial charge on any atom is -0.356 e. The summed E-state index contributed by atoms with van der Waals surface area (Å²) in [5, 5.41) is 0. The molecule has 0 aromatic heterocycles. The van der Waals surface area contributed by atoms with Crippen molar-refractivity contribution in [1.82, 2.24) is 4.90 Å². The summed E-state index contributed by atoms with van der Waals surface area (Å²) in [5.74, 6) is 0. The molecule has 0 saturated heterocycles. The quantitative estimate of drug-likeness (QED) is 0.710. The maximum atomic E-state index is 2.42. The monoisotopic (exact) mass is 230 g/mol. The average molecular weight is 230 g/mol. The van der Waals surface area contributed by atoms with Crippen LogP contribution in [0.4, 0.5) is 5.69 Å². The van der Waals surface area contributed by atoms with E-state index in [1.54, 1.807) is 0 Å². The van der Waals surface area contributed by atoms with E-state index in [0.29, 0.717) is 6.17 Å². The van der Waals surface area contributed by atoms with E-state index in [2.05, 4.69) is 66.4 Å². The zero-order chi connectivity index (χ0) is 12.1. The van der Waals surface area contributed by atoms with E-state index in [0.717, 1.165) is 6.54 Å². The summed E-state index contributed by atoms with van der Waals surface area (Å²) in [4.78, 5) is 4.74. The number of para-hydroxylation sites is 1. The molecule has 1 unspecified atom stereocenters. The smallest absolute Gasteiger partial charge is 0.102 e. The summed E-state index contributed by atoms with van der Waals surface area (Å²) < 4.78 is 0. The van der Waals surface area contributed by atoms with Crippen molar-refractivity contribution in [2.45, 2.75) is 39.3 Å². The number of hydrogen-bond donors (Lipinski definition) is 0. The van der Waals surface area contributed by atoms with E-state index in [1.807, 2.05) is 0 Å². The molecule has 0 aliphatic carbocycles. The lowest BCUT2D eigenvalue weighted by Gasteiger charge is -2.29. The third-order valence-corrected chi connectivity index (χ3v) is 3.38. The van der Waals surface area contributed by atoms with Gasteiger partial charge in [0, 0.05) is 24.6 Å². The molecule has 2 heteroatoms. The summed E-state index contributed by atoms with van der Waals surface area (Å²) in [6, 6.07) is 10.6. The Bertz CT molecular complexity index is 358. The predicted molar refractivity (Wildman–Crippen MR) is 73.8 cm³/mol. The van der Waals surface area contributed by atoms with Crippen molar-refractivity contribution in [3.8, 4) is 0 Å². The Balaban J connectivity index is 1.94. The van der Waals surface area contributed by atoms with Crippen LogP contribution in [0.2, 0.25) is 0 Å². The van der Waals surface area contributed by atoms with Crippen molar-refractivity contribution in [3.63, 3.8) is 0 Å². The zero-order valence-corrected chi connectivity index (χ0v) is 10.8. The van der Waals surface area contributed by atoms with Gasteiger partial charge in [-0.25, -0.2) is 0 Å². The topological polar surface area (TPSA) is 6.48 Å². The molecule has 1 aromatic carbocycles. The molecule has 0 bridgehead atoms. The fraction of sp³-hybridized carbons (Fsp3) is 0.467. The summed E-state index contributed by atoms with van der Waals surface area (Å²) in [6.07, 6.45) is 8.73. The van der Waals surface area contributed by atoms with E-state index in [4.69, 9.17) is 0 Å². The second-order valence-electron chi connectivity index (χ2n) is 4.62. The highest BCUT2D eigenvalue weighted by Gasteiger charge is 2.21. The normalized spacial score (nSPS) is 19.1. The minimum atomic E-state index is 0.439. The molecular formula is C15H22N2. The van der Waals surface area contributed by atoms with Crippen molar-refractivity contribution in [3.05, 3.63) is 42.7 Å². The van der Waals surface area contributed by atoms with Crippen molar-refractivity contribution >= 4 is 5.69 Å². The SMILES string of the molecule is CCCCCN1C=CN(c2ccccc2)C1C. The first kappa shape index (κ1) is 12.0. The first-order chi connectivity index (χ1) is 8.33. The van der Waals surface area contributed by atoms with E-state index in [9.17, 15) is 0 Å². The van der Waals surface area contributed by atoms with Gasteiger partial charge >= 0.3 is 0 Å². The van der Waals surface area contributed by atoms with Gasteiger partial charge in [-0.1, -0.05) is 38.0 Å². The van der Waals surface area contributed by atoms with Gasteiger partial charge in [-0.2, -0.15) is 0 Å². The van der Waals surface area contributed by atoms with Gasteiger partial charge in [-0.3, -0.25) is 0 Å². The second-order valence-corrected chi connectivity index (χ2v) is 4.62.